The lowest BCUT2D eigenvalue weighted by Crippen LogP contribution is -2.46. The number of hydrogen-bond acceptors (Lipinski definition) is 4. The third-order valence-electron chi connectivity index (χ3n) is 4.16. The molecule has 1 fully saturated rings. The molecular formula is C15H31F3N4. The summed E-state index contributed by atoms with van der Waals surface area (Å²) >= 11 is 0. The lowest BCUT2D eigenvalue weighted by Gasteiger charge is -2.30. The smallest absolute Gasteiger partial charge is 0.317 e. The molecule has 0 aromatic rings. The van der Waals surface area contributed by atoms with Crippen LogP contribution in [0.1, 0.15) is 25.7 Å². The molecule has 1 rings (SSSR count). The lowest BCUT2D eigenvalue weighted by molar-refractivity contribution is -0.181. The van der Waals surface area contributed by atoms with Crippen LogP contribution in [-0.4, -0.2) is 81.9 Å². The van der Waals surface area contributed by atoms with E-state index in [0.717, 1.165) is 52.0 Å². The molecule has 0 radical (unpaired) electrons. The fourth-order valence-electron chi connectivity index (χ4n) is 2.79. The van der Waals surface area contributed by atoms with Gasteiger partial charge in [-0.15, -0.1) is 0 Å². The van der Waals surface area contributed by atoms with Crippen molar-refractivity contribution in [3.05, 3.63) is 0 Å². The first-order valence-corrected chi connectivity index (χ1v) is 8.28. The first kappa shape index (κ1) is 19.7. The molecular weight excluding hydrogens is 293 g/mol. The highest BCUT2D eigenvalue weighted by atomic mass is 19.4. The van der Waals surface area contributed by atoms with Crippen molar-refractivity contribution in [1.82, 2.24) is 20.4 Å². The van der Waals surface area contributed by atoms with Crippen molar-refractivity contribution in [3.8, 4) is 0 Å². The number of nitrogens with one attached hydrogen (secondary N) is 2. The zero-order valence-corrected chi connectivity index (χ0v) is 13.9. The van der Waals surface area contributed by atoms with E-state index in [2.05, 4.69) is 15.5 Å². The number of nitrogens with zero attached hydrogens (tertiary/aromatic N) is 2. The maximum Gasteiger partial charge on any atom is 0.404 e. The summed E-state index contributed by atoms with van der Waals surface area (Å²) in [7, 11) is 3.62. The van der Waals surface area contributed by atoms with E-state index < -0.39 is 12.2 Å². The summed E-state index contributed by atoms with van der Waals surface area (Å²) in [6.45, 7) is 5.40. The topological polar surface area (TPSA) is 30.5 Å². The Labute approximate surface area is 132 Å². The lowest BCUT2D eigenvalue weighted by atomic mass is 10.1. The second kappa shape index (κ2) is 10.4. The van der Waals surface area contributed by atoms with Gasteiger partial charge < -0.3 is 15.5 Å². The van der Waals surface area contributed by atoms with Gasteiger partial charge >= 0.3 is 6.18 Å². The first-order valence-electron chi connectivity index (χ1n) is 8.28. The van der Waals surface area contributed by atoms with Crippen molar-refractivity contribution in [2.75, 3.05) is 59.9 Å². The second-order valence-corrected chi connectivity index (χ2v) is 6.19. The van der Waals surface area contributed by atoms with Gasteiger partial charge in [0.2, 0.25) is 0 Å². The van der Waals surface area contributed by atoms with Gasteiger partial charge in [0.05, 0.1) is 0 Å². The number of alkyl halides is 3. The van der Waals surface area contributed by atoms with Gasteiger partial charge in [0.15, 0.2) is 0 Å². The maximum absolute atomic E-state index is 13.2. The van der Waals surface area contributed by atoms with Crippen LogP contribution in [0.15, 0.2) is 0 Å². The highest BCUT2D eigenvalue weighted by Crippen LogP contribution is 2.26. The van der Waals surface area contributed by atoms with Crippen LogP contribution in [0, 0.1) is 0 Å². The van der Waals surface area contributed by atoms with E-state index in [4.69, 9.17) is 0 Å². The quantitative estimate of drug-likeness (QED) is 0.708. The SMILES string of the molecule is CN1CCCNCCCNCCC(C(F)(F)F)N(C)CCC1. The minimum atomic E-state index is -4.16. The molecule has 4 nitrogen and oxygen atoms in total. The molecule has 132 valence electrons. The summed E-state index contributed by atoms with van der Waals surface area (Å²) in [6.07, 6.45) is -1.26. The van der Waals surface area contributed by atoms with Gasteiger partial charge in [-0.25, -0.2) is 0 Å². The molecule has 1 unspecified atom stereocenters. The fourth-order valence-corrected chi connectivity index (χ4v) is 2.79. The van der Waals surface area contributed by atoms with Crippen LogP contribution in [-0.2, 0) is 0 Å². The highest BCUT2D eigenvalue weighted by molar-refractivity contribution is 4.78. The molecule has 22 heavy (non-hydrogen) atoms. The average Bonchev–Trinajstić information content (AvgIpc) is 2.42. The molecule has 2 N–H and O–H groups in total. The van der Waals surface area contributed by atoms with Crippen molar-refractivity contribution in [2.24, 2.45) is 0 Å². The van der Waals surface area contributed by atoms with Crippen LogP contribution < -0.4 is 10.6 Å². The Morgan fingerprint density at radius 1 is 0.818 bits per heavy atom. The van der Waals surface area contributed by atoms with Crippen molar-refractivity contribution >= 4 is 0 Å². The van der Waals surface area contributed by atoms with Crippen molar-refractivity contribution in [3.63, 3.8) is 0 Å². The minimum Gasteiger partial charge on any atom is -0.317 e. The van der Waals surface area contributed by atoms with Crippen molar-refractivity contribution in [2.45, 2.75) is 37.9 Å². The molecule has 0 bridgehead atoms. The Kier molecular flexibility index (Phi) is 9.31. The summed E-state index contributed by atoms with van der Waals surface area (Å²) in [5.41, 5.74) is 0. The third kappa shape index (κ3) is 8.31. The Morgan fingerprint density at radius 3 is 2.09 bits per heavy atom. The Balaban J connectivity index is 2.51. The fraction of sp³-hybridized carbons (Fsp3) is 1.00. The standard InChI is InChI=1S/C15H31F3N4/c1-21-11-4-9-19-7-3-8-20-10-6-14(15(16,17)18)22(2)13-5-12-21/h14,19-20H,3-13H2,1-2H3. The summed E-state index contributed by atoms with van der Waals surface area (Å²) < 4.78 is 39.5. The zero-order chi connectivity index (χ0) is 16.4. The molecule has 0 aromatic heterocycles. The van der Waals surface area contributed by atoms with E-state index in [1.165, 1.54) is 4.90 Å². The van der Waals surface area contributed by atoms with Gasteiger partial charge in [0.1, 0.15) is 6.04 Å². The minimum absolute atomic E-state index is 0.114. The summed E-state index contributed by atoms with van der Waals surface area (Å²) in [4.78, 5) is 3.66. The van der Waals surface area contributed by atoms with Crippen LogP contribution >= 0.6 is 0 Å². The van der Waals surface area contributed by atoms with E-state index in [-0.39, 0.29) is 6.42 Å². The molecule has 1 aliphatic heterocycles. The summed E-state index contributed by atoms with van der Waals surface area (Å²) in [5.74, 6) is 0. The summed E-state index contributed by atoms with van der Waals surface area (Å²) in [5, 5.41) is 6.49. The number of halogens is 3. The zero-order valence-electron chi connectivity index (χ0n) is 13.9. The van der Waals surface area contributed by atoms with E-state index >= 15 is 0 Å². The highest BCUT2D eigenvalue weighted by Gasteiger charge is 2.41. The van der Waals surface area contributed by atoms with Crippen LogP contribution in [0.2, 0.25) is 0 Å². The van der Waals surface area contributed by atoms with Gasteiger partial charge in [-0.05, 0) is 85.6 Å². The Bertz CT molecular complexity index is 286. The van der Waals surface area contributed by atoms with E-state index in [1.54, 1.807) is 7.05 Å². The molecule has 0 aliphatic carbocycles. The van der Waals surface area contributed by atoms with E-state index in [9.17, 15) is 13.2 Å². The normalized spacial score (nSPS) is 26.9. The molecule has 0 saturated carbocycles. The van der Waals surface area contributed by atoms with Crippen molar-refractivity contribution in [1.29, 1.82) is 0 Å². The van der Waals surface area contributed by atoms with Gasteiger partial charge in [-0.1, -0.05) is 0 Å². The Morgan fingerprint density at radius 2 is 1.41 bits per heavy atom. The van der Waals surface area contributed by atoms with Gasteiger partial charge in [0.25, 0.3) is 0 Å². The predicted octanol–water partition coefficient (Wildman–Crippen LogP) is 1.53. The average molecular weight is 324 g/mol. The van der Waals surface area contributed by atoms with Crippen LogP contribution in [0.25, 0.3) is 0 Å². The molecule has 1 saturated heterocycles. The monoisotopic (exact) mass is 324 g/mol. The van der Waals surface area contributed by atoms with Gasteiger partial charge in [-0.3, -0.25) is 4.90 Å². The molecule has 1 heterocycles. The van der Waals surface area contributed by atoms with E-state index in [0.29, 0.717) is 13.1 Å². The molecule has 0 aromatic carbocycles. The van der Waals surface area contributed by atoms with Gasteiger partial charge in [-0.2, -0.15) is 13.2 Å². The van der Waals surface area contributed by atoms with Gasteiger partial charge in [0, 0.05) is 0 Å². The number of rotatable bonds is 0. The molecule has 1 atom stereocenters. The van der Waals surface area contributed by atoms with Crippen molar-refractivity contribution < 1.29 is 13.2 Å². The van der Waals surface area contributed by atoms with Crippen LogP contribution in [0.3, 0.4) is 0 Å². The molecule has 7 heteroatoms. The number of hydrogen-bond donors (Lipinski definition) is 2. The molecule has 0 spiro atoms. The summed E-state index contributed by atoms with van der Waals surface area (Å²) in [6, 6.07) is -1.35. The molecule has 0 amide bonds. The first-order chi connectivity index (χ1) is 10.4. The largest absolute Gasteiger partial charge is 0.404 e. The van der Waals surface area contributed by atoms with Crippen LogP contribution in [0.4, 0.5) is 13.2 Å². The maximum atomic E-state index is 13.2. The predicted molar refractivity (Wildman–Crippen MR) is 84.2 cm³/mol. The Hall–Kier alpha value is -0.370. The second-order valence-electron chi connectivity index (χ2n) is 6.19. The van der Waals surface area contributed by atoms with Crippen LogP contribution in [0.5, 0.6) is 0 Å². The third-order valence-corrected chi connectivity index (χ3v) is 4.16. The molecule has 1 aliphatic rings. The van der Waals surface area contributed by atoms with E-state index in [1.807, 2.05) is 7.05 Å².